The lowest BCUT2D eigenvalue weighted by Gasteiger charge is -2.28. The van der Waals surface area contributed by atoms with Crippen molar-refractivity contribution in [1.29, 1.82) is 0 Å². The minimum atomic E-state index is 0.710. The van der Waals surface area contributed by atoms with E-state index in [1.165, 1.54) is 77.5 Å². The SMILES string of the molecule is CCOc1cc2c(c(-c3c(N)ccc4c3CCCC4)c1C)CCCC2. The van der Waals surface area contributed by atoms with Crippen LogP contribution in [-0.2, 0) is 25.7 Å². The van der Waals surface area contributed by atoms with Crippen LogP contribution in [0.25, 0.3) is 11.1 Å². The molecular weight excluding hydrogens is 306 g/mol. The van der Waals surface area contributed by atoms with Crippen LogP contribution in [0.1, 0.15) is 60.4 Å². The third-order valence-electron chi connectivity index (χ3n) is 5.98. The topological polar surface area (TPSA) is 35.2 Å². The molecule has 4 rings (SSSR count). The molecule has 2 nitrogen and oxygen atoms in total. The van der Waals surface area contributed by atoms with E-state index in [1.54, 1.807) is 0 Å². The van der Waals surface area contributed by atoms with E-state index in [-0.39, 0.29) is 0 Å². The standard InChI is InChI=1S/C23H29NO/c1-3-25-21-14-17-9-5-7-11-19(17)22(15(21)2)23-18-10-6-4-8-16(18)12-13-20(23)24/h12-14H,3-11,24H2,1-2H3. The van der Waals surface area contributed by atoms with Gasteiger partial charge in [-0.05, 0) is 111 Å². The number of anilines is 1. The first-order chi connectivity index (χ1) is 12.2. The van der Waals surface area contributed by atoms with Crippen LogP contribution in [0.2, 0.25) is 0 Å². The van der Waals surface area contributed by atoms with E-state index in [1.807, 2.05) is 0 Å². The molecule has 0 aliphatic heterocycles. The van der Waals surface area contributed by atoms with Crippen LogP contribution in [0.15, 0.2) is 18.2 Å². The van der Waals surface area contributed by atoms with E-state index in [9.17, 15) is 0 Å². The summed E-state index contributed by atoms with van der Waals surface area (Å²) in [6, 6.07) is 6.67. The van der Waals surface area contributed by atoms with Gasteiger partial charge in [-0.1, -0.05) is 6.07 Å². The van der Waals surface area contributed by atoms with Crippen LogP contribution in [0, 0.1) is 6.92 Å². The Hall–Kier alpha value is -1.96. The summed E-state index contributed by atoms with van der Waals surface area (Å²) in [5.41, 5.74) is 17.5. The number of hydrogen-bond donors (Lipinski definition) is 1. The lowest BCUT2D eigenvalue weighted by atomic mass is 9.78. The highest BCUT2D eigenvalue weighted by Gasteiger charge is 2.25. The van der Waals surface area contributed by atoms with Gasteiger partial charge >= 0.3 is 0 Å². The highest BCUT2D eigenvalue weighted by atomic mass is 16.5. The minimum Gasteiger partial charge on any atom is -0.494 e. The lowest BCUT2D eigenvalue weighted by molar-refractivity contribution is 0.337. The fraction of sp³-hybridized carbons (Fsp3) is 0.478. The zero-order valence-corrected chi connectivity index (χ0v) is 15.6. The van der Waals surface area contributed by atoms with Crippen molar-refractivity contribution in [1.82, 2.24) is 0 Å². The third-order valence-corrected chi connectivity index (χ3v) is 5.98. The van der Waals surface area contributed by atoms with Crippen LogP contribution in [0.4, 0.5) is 5.69 Å². The van der Waals surface area contributed by atoms with Gasteiger partial charge in [0.15, 0.2) is 0 Å². The molecule has 0 fully saturated rings. The molecule has 0 aromatic heterocycles. The molecule has 0 heterocycles. The third kappa shape index (κ3) is 2.82. The van der Waals surface area contributed by atoms with Gasteiger partial charge in [0.05, 0.1) is 6.61 Å². The Labute approximate surface area is 151 Å². The number of rotatable bonds is 3. The van der Waals surface area contributed by atoms with E-state index < -0.39 is 0 Å². The number of ether oxygens (including phenoxy) is 1. The zero-order valence-electron chi connectivity index (χ0n) is 15.6. The van der Waals surface area contributed by atoms with Gasteiger partial charge in [0.25, 0.3) is 0 Å². The maximum atomic E-state index is 6.56. The molecule has 2 aromatic rings. The lowest BCUT2D eigenvalue weighted by Crippen LogP contribution is -2.12. The van der Waals surface area contributed by atoms with E-state index in [0.29, 0.717) is 6.61 Å². The molecule has 2 aliphatic carbocycles. The summed E-state index contributed by atoms with van der Waals surface area (Å²) in [6.45, 7) is 5.00. The Morgan fingerprint density at radius 1 is 0.880 bits per heavy atom. The number of fused-ring (bicyclic) bond motifs is 2. The first kappa shape index (κ1) is 16.5. The predicted octanol–water partition coefficient (Wildman–Crippen LogP) is 5.40. The first-order valence-electron chi connectivity index (χ1n) is 9.89. The largest absolute Gasteiger partial charge is 0.494 e. The summed E-state index contributed by atoms with van der Waals surface area (Å²) in [4.78, 5) is 0. The fourth-order valence-electron chi connectivity index (χ4n) is 4.77. The molecule has 0 saturated heterocycles. The smallest absolute Gasteiger partial charge is 0.123 e. The molecule has 25 heavy (non-hydrogen) atoms. The molecule has 2 heteroatoms. The second kappa shape index (κ2) is 6.74. The second-order valence-corrected chi connectivity index (χ2v) is 7.53. The molecule has 0 atom stereocenters. The van der Waals surface area contributed by atoms with Gasteiger partial charge in [-0.15, -0.1) is 0 Å². The average Bonchev–Trinajstić information content (AvgIpc) is 2.64. The minimum absolute atomic E-state index is 0.710. The van der Waals surface area contributed by atoms with Crippen LogP contribution in [-0.4, -0.2) is 6.61 Å². The maximum absolute atomic E-state index is 6.56. The molecule has 132 valence electrons. The summed E-state index contributed by atoms with van der Waals surface area (Å²) in [6.07, 6.45) is 9.81. The zero-order chi connectivity index (χ0) is 17.4. The van der Waals surface area contributed by atoms with Crippen molar-refractivity contribution in [3.05, 3.63) is 46.0 Å². The van der Waals surface area contributed by atoms with Gasteiger partial charge in [-0.3, -0.25) is 0 Å². The summed E-state index contributed by atoms with van der Waals surface area (Å²) >= 11 is 0. The molecule has 2 aromatic carbocycles. The molecule has 0 saturated carbocycles. The molecule has 0 radical (unpaired) electrons. The molecule has 0 spiro atoms. The Morgan fingerprint density at radius 2 is 1.52 bits per heavy atom. The van der Waals surface area contributed by atoms with Crippen molar-refractivity contribution in [3.8, 4) is 16.9 Å². The molecular formula is C23H29NO. The molecule has 0 bridgehead atoms. The van der Waals surface area contributed by atoms with Crippen molar-refractivity contribution in [2.45, 2.75) is 65.2 Å². The van der Waals surface area contributed by atoms with Gasteiger partial charge in [0.1, 0.15) is 5.75 Å². The molecule has 2 aliphatic rings. The van der Waals surface area contributed by atoms with Crippen molar-refractivity contribution < 1.29 is 4.74 Å². The Bertz CT molecular complexity index is 806. The van der Waals surface area contributed by atoms with Crippen molar-refractivity contribution in [2.24, 2.45) is 0 Å². The highest BCUT2D eigenvalue weighted by Crippen LogP contribution is 2.44. The number of nitrogens with two attached hydrogens (primary N) is 1. The van der Waals surface area contributed by atoms with Crippen LogP contribution >= 0.6 is 0 Å². The van der Waals surface area contributed by atoms with Gasteiger partial charge in [0.2, 0.25) is 0 Å². The molecule has 2 N–H and O–H groups in total. The summed E-state index contributed by atoms with van der Waals surface area (Å²) < 4.78 is 6.01. The van der Waals surface area contributed by atoms with Crippen LogP contribution < -0.4 is 10.5 Å². The van der Waals surface area contributed by atoms with Gasteiger partial charge < -0.3 is 10.5 Å². The van der Waals surface area contributed by atoms with Gasteiger partial charge in [-0.2, -0.15) is 0 Å². The van der Waals surface area contributed by atoms with Crippen molar-refractivity contribution >= 4 is 5.69 Å². The Kier molecular flexibility index (Phi) is 4.45. The summed E-state index contributed by atoms with van der Waals surface area (Å²) in [5, 5.41) is 0. The van der Waals surface area contributed by atoms with E-state index in [4.69, 9.17) is 10.5 Å². The Morgan fingerprint density at radius 3 is 2.24 bits per heavy atom. The monoisotopic (exact) mass is 335 g/mol. The number of aryl methyl sites for hydroxylation is 2. The second-order valence-electron chi connectivity index (χ2n) is 7.53. The predicted molar refractivity (Wildman–Crippen MR) is 105 cm³/mol. The summed E-state index contributed by atoms with van der Waals surface area (Å²) in [7, 11) is 0. The molecule has 0 unspecified atom stereocenters. The Balaban J connectivity index is 2.01. The first-order valence-corrected chi connectivity index (χ1v) is 9.89. The molecule has 0 amide bonds. The quantitative estimate of drug-likeness (QED) is 0.762. The maximum Gasteiger partial charge on any atom is 0.123 e. The number of benzene rings is 2. The van der Waals surface area contributed by atoms with Crippen LogP contribution in [0.5, 0.6) is 5.75 Å². The van der Waals surface area contributed by atoms with E-state index in [0.717, 1.165) is 24.3 Å². The average molecular weight is 335 g/mol. The van der Waals surface area contributed by atoms with Crippen molar-refractivity contribution in [3.63, 3.8) is 0 Å². The highest BCUT2D eigenvalue weighted by molar-refractivity contribution is 5.86. The van der Waals surface area contributed by atoms with Crippen LogP contribution in [0.3, 0.4) is 0 Å². The fourth-order valence-corrected chi connectivity index (χ4v) is 4.77. The number of nitrogen functional groups attached to an aromatic ring is 1. The summed E-state index contributed by atoms with van der Waals surface area (Å²) in [5.74, 6) is 1.05. The number of hydrogen-bond acceptors (Lipinski definition) is 2. The van der Waals surface area contributed by atoms with Gasteiger partial charge in [0, 0.05) is 11.3 Å². The normalized spacial score (nSPS) is 16.2. The van der Waals surface area contributed by atoms with Gasteiger partial charge in [-0.25, -0.2) is 0 Å². The van der Waals surface area contributed by atoms with E-state index >= 15 is 0 Å². The van der Waals surface area contributed by atoms with Crippen molar-refractivity contribution in [2.75, 3.05) is 12.3 Å². The van der Waals surface area contributed by atoms with E-state index in [2.05, 4.69) is 32.0 Å².